The van der Waals surface area contributed by atoms with Crippen LogP contribution in [0.15, 0.2) is 108 Å². The number of ether oxygens (including phenoxy) is 5. The number of aliphatic hydroxyl groups excluding tert-OH is 1. The van der Waals surface area contributed by atoms with E-state index in [4.69, 9.17) is 28.2 Å². The van der Waals surface area contributed by atoms with Gasteiger partial charge in [0, 0.05) is 69.1 Å². The number of allylic oxidation sites excluding steroid dienone is 6. The molecule has 0 aromatic heterocycles. The highest BCUT2D eigenvalue weighted by Crippen LogP contribution is 2.49. The SMILES string of the molecule is CO[C@H]1C[C@@H]2CC[C@@H](C)C(O)(O2)C(=O)C(=O)N2CCCCC2C(=O)O[C@H]([C@H](C)C[C@@H]2CC[C@@H](OP(=O)(c3ccccc3)c3ccccc3)[C@H](OC)C2)CC(=O)/C(C)=C/C(C)[C@@H](O)[C@@H](OC)C(=O)[C@H](C)C[C@H](C)C=CC=CC=C1C. The smallest absolute Gasteiger partial charge is 0.329 e. The Kier molecular flexibility index (Phi) is 23.6. The molecule has 2 aromatic carbocycles. The first kappa shape index (κ1) is 63.5. The number of hydrogen-bond donors (Lipinski definition) is 2. The molecule has 0 radical (unpaired) electrons. The van der Waals surface area contributed by atoms with E-state index in [9.17, 15) is 38.8 Å². The zero-order chi connectivity index (χ0) is 57.6. The lowest BCUT2D eigenvalue weighted by Gasteiger charge is -2.42. The number of benzene rings is 2. The summed E-state index contributed by atoms with van der Waals surface area (Å²) < 4.78 is 51.9. The van der Waals surface area contributed by atoms with Crippen LogP contribution in [0.2, 0.25) is 0 Å². The molecule has 6 rings (SSSR count). The number of carbonyl (C=O) groups is 5. The summed E-state index contributed by atoms with van der Waals surface area (Å²) in [6, 6.07) is 17.2. The molecule has 2 aromatic rings. The van der Waals surface area contributed by atoms with Gasteiger partial charge in [0.05, 0.1) is 30.5 Å². The summed E-state index contributed by atoms with van der Waals surface area (Å²) in [4.78, 5) is 73.1. The summed E-state index contributed by atoms with van der Waals surface area (Å²) in [6.07, 6.45) is 10.7. The Bertz CT molecular complexity index is 2500. The summed E-state index contributed by atoms with van der Waals surface area (Å²) in [5, 5.41) is 24.9. The lowest BCUT2D eigenvalue weighted by atomic mass is 9.78. The van der Waals surface area contributed by atoms with Crippen LogP contribution in [0.3, 0.4) is 0 Å². The predicted octanol–water partition coefficient (Wildman–Crippen LogP) is 9.13. The van der Waals surface area contributed by atoms with E-state index >= 15 is 0 Å². The fraction of sp³-hybridized carbons (Fsp3) is 0.603. The van der Waals surface area contributed by atoms with Gasteiger partial charge in [0.15, 0.2) is 11.6 Å². The Hall–Kier alpha value is -4.70. The van der Waals surface area contributed by atoms with Crippen molar-refractivity contribution >= 4 is 47.2 Å². The minimum absolute atomic E-state index is 0.00302. The van der Waals surface area contributed by atoms with Crippen molar-refractivity contribution in [3.63, 3.8) is 0 Å². The van der Waals surface area contributed by atoms with Crippen molar-refractivity contribution in [3.8, 4) is 0 Å². The molecule has 79 heavy (non-hydrogen) atoms. The van der Waals surface area contributed by atoms with Gasteiger partial charge in [-0.15, -0.1) is 0 Å². The van der Waals surface area contributed by atoms with Crippen LogP contribution in [0.5, 0.6) is 0 Å². The number of carbonyl (C=O) groups excluding carboxylic acids is 5. The van der Waals surface area contributed by atoms with Crippen molar-refractivity contribution in [2.75, 3.05) is 27.9 Å². The molecule has 3 heterocycles. The monoisotopic (exact) mass is 1110 g/mol. The van der Waals surface area contributed by atoms with Crippen molar-refractivity contribution in [1.29, 1.82) is 0 Å². The number of fused-ring (bicyclic) bond motifs is 3. The highest BCUT2D eigenvalue weighted by atomic mass is 31.2. The van der Waals surface area contributed by atoms with Gasteiger partial charge in [-0.05, 0) is 131 Å². The fourth-order valence-corrected chi connectivity index (χ4v) is 14.2. The topological polar surface area (TPSA) is 201 Å². The number of nitrogens with zero attached hydrogens (tertiary/aromatic N) is 1. The van der Waals surface area contributed by atoms with Gasteiger partial charge in [-0.2, -0.15) is 0 Å². The number of hydrogen-bond acceptors (Lipinski definition) is 14. The van der Waals surface area contributed by atoms with Crippen molar-refractivity contribution < 1.29 is 67.0 Å². The van der Waals surface area contributed by atoms with Crippen LogP contribution in [0.1, 0.15) is 126 Å². The molecule has 4 aliphatic rings. The van der Waals surface area contributed by atoms with Crippen LogP contribution in [0, 0.1) is 35.5 Å². The van der Waals surface area contributed by atoms with Crippen molar-refractivity contribution in [1.82, 2.24) is 4.90 Å². The summed E-state index contributed by atoms with van der Waals surface area (Å²) in [6.45, 7) is 12.7. The molecule has 3 aliphatic heterocycles. The number of ketones is 3. The first-order valence-corrected chi connectivity index (χ1v) is 30.2. The molecule has 1 aliphatic carbocycles. The molecule has 2 N–H and O–H groups in total. The maximum absolute atomic E-state index is 15.0. The summed E-state index contributed by atoms with van der Waals surface area (Å²) in [5.74, 6) is -8.33. The predicted molar refractivity (Wildman–Crippen MR) is 304 cm³/mol. The molecular weight excluding hydrogens is 1030 g/mol. The normalized spacial score (nSPS) is 34.0. The van der Waals surface area contributed by atoms with Gasteiger partial charge in [0.2, 0.25) is 5.79 Å². The van der Waals surface area contributed by atoms with E-state index in [1.165, 1.54) is 12.0 Å². The van der Waals surface area contributed by atoms with Crippen LogP contribution in [0.25, 0.3) is 0 Å². The Morgan fingerprint density at radius 2 is 1.46 bits per heavy atom. The molecule has 15 nitrogen and oxygen atoms in total. The molecule has 2 bridgehead atoms. The number of piperidine rings is 1. The number of esters is 1. The zero-order valence-electron chi connectivity index (χ0n) is 48.2. The second-order valence-corrected chi connectivity index (χ2v) is 25.2. The van der Waals surface area contributed by atoms with Gasteiger partial charge in [-0.3, -0.25) is 23.7 Å². The fourth-order valence-electron chi connectivity index (χ4n) is 11.9. The minimum Gasteiger partial charge on any atom is -0.460 e. The van der Waals surface area contributed by atoms with E-state index in [2.05, 4.69) is 0 Å². The van der Waals surface area contributed by atoms with Gasteiger partial charge in [-0.25, -0.2) is 4.79 Å². The second-order valence-electron chi connectivity index (χ2n) is 22.9. The van der Waals surface area contributed by atoms with E-state index in [0.29, 0.717) is 80.4 Å². The van der Waals surface area contributed by atoms with Crippen molar-refractivity contribution in [3.05, 3.63) is 108 Å². The summed E-state index contributed by atoms with van der Waals surface area (Å²) in [5.41, 5.74) is 1.16. The minimum atomic E-state index is -3.55. The first-order valence-electron chi connectivity index (χ1n) is 28.5. The molecule has 15 atom stereocenters. The average molecular weight is 1110 g/mol. The van der Waals surface area contributed by atoms with Crippen LogP contribution in [-0.2, 0) is 56.7 Å². The Morgan fingerprint density at radius 1 is 0.785 bits per heavy atom. The van der Waals surface area contributed by atoms with Gasteiger partial charge in [0.25, 0.3) is 19.1 Å². The van der Waals surface area contributed by atoms with E-state index in [1.807, 2.05) is 119 Å². The third-order valence-corrected chi connectivity index (χ3v) is 19.5. The molecule has 2 saturated heterocycles. The third-order valence-electron chi connectivity index (χ3n) is 16.9. The Balaban J connectivity index is 1.29. The first-order chi connectivity index (χ1) is 37.6. The lowest BCUT2D eigenvalue weighted by molar-refractivity contribution is -0.265. The molecule has 0 spiro atoms. The second kappa shape index (κ2) is 29.3. The Labute approximate surface area is 469 Å². The standard InChI is InChI=1S/C63H88NO14P/c1-40-22-14-11-15-23-41(2)54(73-8)38-48-31-29-46(7)63(71,77-48)60(68)61(69)64-33-21-20-28-51(64)62(70)76-55(39-52(65)42(3)35-45(6)58(67)59(75-10)57(66)44(5)34-40)43(4)36-47-30-32-53(56(37-47)74-9)78-79(72,49-24-16-12-17-25-49)50-26-18-13-19-27-50/h11-19,22-27,35,40,43-48,51,53-56,58-59,67,71H,20-21,28-34,36-39H2,1-10H3/b15-11?,22-14?,41-23?,42-35+/t40-,43-,44-,45?,46-,47+,48+,51?,53-,54+,55+,56-,58-,59+,63?/m1/s1. The van der Waals surface area contributed by atoms with E-state index < -0.39 is 103 Å². The van der Waals surface area contributed by atoms with Crippen molar-refractivity contribution in [2.24, 2.45) is 35.5 Å². The quantitative estimate of drug-likeness (QED) is 0.130. The summed E-state index contributed by atoms with van der Waals surface area (Å²) >= 11 is 0. The van der Waals surface area contributed by atoms with Gasteiger partial charge in [0.1, 0.15) is 18.2 Å². The number of cyclic esters (lactones) is 1. The van der Waals surface area contributed by atoms with E-state index in [-0.39, 0.29) is 42.8 Å². The molecule has 1 saturated carbocycles. The van der Waals surface area contributed by atoms with Gasteiger partial charge < -0.3 is 43.3 Å². The molecule has 1 amide bonds. The largest absolute Gasteiger partial charge is 0.460 e. The molecule has 3 fully saturated rings. The number of methoxy groups -OCH3 is 3. The molecule has 434 valence electrons. The zero-order valence-corrected chi connectivity index (χ0v) is 49.1. The maximum atomic E-state index is 15.0. The Morgan fingerprint density at radius 3 is 2.09 bits per heavy atom. The van der Waals surface area contributed by atoms with E-state index in [0.717, 1.165) is 5.57 Å². The molecular formula is C63H88NO14P. The average Bonchev–Trinajstić information content (AvgIpc) is 3.46. The maximum Gasteiger partial charge on any atom is 0.329 e. The number of Topliss-reactive ketones (excluding diaryl/α,β-unsaturated/α-hetero) is 3. The highest BCUT2D eigenvalue weighted by molar-refractivity contribution is 7.74. The molecule has 3 unspecified atom stereocenters. The van der Waals surface area contributed by atoms with Crippen LogP contribution < -0.4 is 10.6 Å². The third kappa shape index (κ3) is 16.1. The number of aliphatic hydroxyl groups is 2. The van der Waals surface area contributed by atoms with Crippen molar-refractivity contribution in [2.45, 2.75) is 180 Å². The lowest BCUT2D eigenvalue weighted by Crippen LogP contribution is -2.61. The summed E-state index contributed by atoms with van der Waals surface area (Å²) in [7, 11) is 1.02. The highest BCUT2D eigenvalue weighted by Gasteiger charge is 2.53. The number of rotatable bonds is 10. The van der Waals surface area contributed by atoms with Crippen LogP contribution in [-0.4, -0.2) is 127 Å². The van der Waals surface area contributed by atoms with E-state index in [1.54, 1.807) is 41.1 Å². The van der Waals surface area contributed by atoms with Crippen LogP contribution >= 0.6 is 7.37 Å². The number of amides is 1. The van der Waals surface area contributed by atoms with Gasteiger partial charge in [-0.1, -0.05) is 107 Å². The van der Waals surface area contributed by atoms with Gasteiger partial charge >= 0.3 is 5.97 Å². The molecule has 16 heteroatoms. The van der Waals surface area contributed by atoms with Crippen LogP contribution in [0.4, 0.5) is 0 Å².